The monoisotopic (exact) mass is 296 g/mol. The Bertz CT molecular complexity index is 413. The highest BCUT2D eigenvalue weighted by Gasteiger charge is 2.28. The number of aromatic nitrogens is 1. The van der Waals surface area contributed by atoms with Crippen molar-refractivity contribution in [2.24, 2.45) is 5.92 Å². The summed E-state index contributed by atoms with van der Waals surface area (Å²) in [6.07, 6.45) is 6.84. The fourth-order valence-corrected chi connectivity index (χ4v) is 4.55. The lowest BCUT2D eigenvalue weighted by molar-refractivity contribution is 0.0352. The number of nitrogens with zero attached hydrogens (tertiary/aromatic N) is 1. The van der Waals surface area contributed by atoms with Crippen molar-refractivity contribution in [2.45, 2.75) is 65.0 Å². The minimum Gasteiger partial charge on any atom is -0.374 e. The van der Waals surface area contributed by atoms with Gasteiger partial charge in [-0.15, -0.1) is 11.3 Å². The zero-order chi connectivity index (χ0) is 14.5. The van der Waals surface area contributed by atoms with Crippen LogP contribution in [0.15, 0.2) is 0 Å². The van der Waals surface area contributed by atoms with Crippen molar-refractivity contribution in [3.05, 3.63) is 15.6 Å². The third-order valence-corrected chi connectivity index (χ3v) is 5.73. The molecule has 0 spiro atoms. The maximum absolute atomic E-state index is 5.81. The van der Waals surface area contributed by atoms with E-state index in [0.717, 1.165) is 12.2 Å². The van der Waals surface area contributed by atoms with Crippen LogP contribution in [0.3, 0.4) is 0 Å². The minimum absolute atomic E-state index is 0.196. The quantitative estimate of drug-likeness (QED) is 0.845. The standard InChI is InChI=1S/C16H28N2OS/c1-5-17-11(2)15-12(3)18-16(20-15)14(19-4)13-9-7-6-8-10-13/h11,13-14,17H,5-10H2,1-4H3. The van der Waals surface area contributed by atoms with Gasteiger partial charge in [0.2, 0.25) is 0 Å². The molecule has 2 unspecified atom stereocenters. The van der Waals surface area contributed by atoms with Crippen molar-refractivity contribution in [3.8, 4) is 0 Å². The Morgan fingerprint density at radius 3 is 2.65 bits per heavy atom. The summed E-state index contributed by atoms with van der Waals surface area (Å²) in [6.45, 7) is 7.48. The van der Waals surface area contributed by atoms with Crippen LogP contribution in [0.4, 0.5) is 0 Å². The first-order valence-corrected chi connectivity index (χ1v) is 8.72. The predicted octanol–water partition coefficient (Wildman–Crippen LogP) is 4.39. The van der Waals surface area contributed by atoms with E-state index in [1.807, 2.05) is 18.4 Å². The van der Waals surface area contributed by atoms with Gasteiger partial charge in [0.1, 0.15) is 11.1 Å². The average Bonchev–Trinajstić information content (AvgIpc) is 2.83. The summed E-state index contributed by atoms with van der Waals surface area (Å²) in [4.78, 5) is 6.17. The summed E-state index contributed by atoms with van der Waals surface area (Å²) in [5.41, 5.74) is 1.16. The fourth-order valence-electron chi connectivity index (χ4n) is 3.28. The molecule has 20 heavy (non-hydrogen) atoms. The Kier molecular flexibility index (Phi) is 6.00. The first-order chi connectivity index (χ1) is 9.67. The predicted molar refractivity (Wildman–Crippen MR) is 85.3 cm³/mol. The number of hydrogen-bond donors (Lipinski definition) is 1. The van der Waals surface area contributed by atoms with Crippen LogP contribution in [0.5, 0.6) is 0 Å². The molecule has 0 amide bonds. The number of aryl methyl sites for hydroxylation is 1. The minimum atomic E-state index is 0.196. The molecule has 0 saturated heterocycles. The van der Waals surface area contributed by atoms with Crippen molar-refractivity contribution in [1.82, 2.24) is 10.3 Å². The SMILES string of the molecule is CCNC(C)c1sc(C(OC)C2CCCCC2)nc1C. The van der Waals surface area contributed by atoms with E-state index < -0.39 is 0 Å². The zero-order valence-electron chi connectivity index (χ0n) is 13.2. The third-order valence-electron chi connectivity index (χ3n) is 4.33. The summed E-state index contributed by atoms with van der Waals surface area (Å²) in [6, 6.07) is 0.384. The Labute approximate surface area is 127 Å². The number of ether oxygens (including phenoxy) is 1. The number of rotatable bonds is 6. The molecule has 1 aromatic rings. The van der Waals surface area contributed by atoms with Crippen LogP contribution in [0, 0.1) is 12.8 Å². The normalized spacial score (nSPS) is 20.0. The van der Waals surface area contributed by atoms with Crippen molar-refractivity contribution >= 4 is 11.3 Å². The third kappa shape index (κ3) is 3.60. The first-order valence-electron chi connectivity index (χ1n) is 7.90. The molecule has 2 atom stereocenters. The van der Waals surface area contributed by atoms with Crippen molar-refractivity contribution in [3.63, 3.8) is 0 Å². The summed E-state index contributed by atoms with van der Waals surface area (Å²) in [5, 5.41) is 4.66. The molecule has 0 aliphatic heterocycles. The summed E-state index contributed by atoms with van der Waals surface area (Å²) < 4.78 is 5.81. The van der Waals surface area contributed by atoms with Gasteiger partial charge in [-0.25, -0.2) is 4.98 Å². The number of hydrogen-bond acceptors (Lipinski definition) is 4. The second kappa shape index (κ2) is 7.53. The highest BCUT2D eigenvalue weighted by molar-refractivity contribution is 7.11. The van der Waals surface area contributed by atoms with Crippen molar-refractivity contribution in [1.29, 1.82) is 0 Å². The number of nitrogens with one attached hydrogen (secondary N) is 1. The molecule has 2 rings (SSSR count). The molecule has 0 bridgehead atoms. The Morgan fingerprint density at radius 1 is 1.35 bits per heavy atom. The highest BCUT2D eigenvalue weighted by atomic mass is 32.1. The largest absolute Gasteiger partial charge is 0.374 e. The molecule has 1 fully saturated rings. The van der Waals surface area contributed by atoms with E-state index in [2.05, 4.69) is 26.1 Å². The lowest BCUT2D eigenvalue weighted by Gasteiger charge is -2.27. The molecule has 114 valence electrons. The molecule has 1 aliphatic rings. The van der Waals surface area contributed by atoms with Gasteiger partial charge in [0.05, 0.1) is 5.69 Å². The number of thiazole rings is 1. The van der Waals surface area contributed by atoms with Crippen LogP contribution >= 0.6 is 11.3 Å². The molecule has 1 aliphatic carbocycles. The van der Waals surface area contributed by atoms with E-state index in [9.17, 15) is 0 Å². The second-order valence-corrected chi connectivity index (χ2v) is 6.90. The van der Waals surface area contributed by atoms with E-state index in [0.29, 0.717) is 12.0 Å². The van der Waals surface area contributed by atoms with Crippen molar-refractivity contribution in [2.75, 3.05) is 13.7 Å². The van der Waals surface area contributed by atoms with Gasteiger partial charge in [0, 0.05) is 18.0 Å². The van der Waals surface area contributed by atoms with Crippen LogP contribution in [-0.4, -0.2) is 18.6 Å². The van der Waals surface area contributed by atoms with Gasteiger partial charge in [-0.05, 0) is 39.2 Å². The molecule has 1 saturated carbocycles. The molecule has 3 nitrogen and oxygen atoms in total. The maximum atomic E-state index is 5.81. The lowest BCUT2D eigenvalue weighted by atomic mass is 9.85. The van der Waals surface area contributed by atoms with Gasteiger partial charge < -0.3 is 10.1 Å². The van der Waals surface area contributed by atoms with Crippen molar-refractivity contribution < 1.29 is 4.74 Å². The van der Waals surface area contributed by atoms with Gasteiger partial charge in [0.25, 0.3) is 0 Å². The van der Waals surface area contributed by atoms with Crippen LogP contribution < -0.4 is 5.32 Å². The second-order valence-electron chi connectivity index (χ2n) is 5.84. The van der Waals surface area contributed by atoms with Crippen LogP contribution in [0.2, 0.25) is 0 Å². The number of methoxy groups -OCH3 is 1. The molecule has 4 heteroatoms. The van der Waals surface area contributed by atoms with E-state index >= 15 is 0 Å². The molecule has 1 aromatic heterocycles. The highest BCUT2D eigenvalue weighted by Crippen LogP contribution is 2.39. The van der Waals surface area contributed by atoms with Gasteiger partial charge >= 0.3 is 0 Å². The van der Waals surface area contributed by atoms with Gasteiger partial charge in [0.15, 0.2) is 0 Å². The Balaban J connectivity index is 2.15. The topological polar surface area (TPSA) is 34.1 Å². The molecule has 1 heterocycles. The Hall–Kier alpha value is -0.450. The van der Waals surface area contributed by atoms with Crippen LogP contribution in [0.1, 0.15) is 73.7 Å². The van der Waals surface area contributed by atoms with Gasteiger partial charge in [-0.3, -0.25) is 0 Å². The van der Waals surface area contributed by atoms with E-state index in [1.165, 1.54) is 42.0 Å². The van der Waals surface area contributed by atoms with Gasteiger partial charge in [-0.2, -0.15) is 0 Å². The molecule has 1 N–H and O–H groups in total. The lowest BCUT2D eigenvalue weighted by Crippen LogP contribution is -2.18. The summed E-state index contributed by atoms with van der Waals surface area (Å²) in [5.74, 6) is 0.654. The maximum Gasteiger partial charge on any atom is 0.122 e. The fraction of sp³-hybridized carbons (Fsp3) is 0.812. The molecular formula is C16H28N2OS. The first kappa shape index (κ1) is 15.9. The smallest absolute Gasteiger partial charge is 0.122 e. The van der Waals surface area contributed by atoms with Gasteiger partial charge in [-0.1, -0.05) is 26.2 Å². The zero-order valence-corrected chi connectivity index (χ0v) is 14.1. The summed E-state index contributed by atoms with van der Waals surface area (Å²) >= 11 is 1.84. The summed E-state index contributed by atoms with van der Waals surface area (Å²) in [7, 11) is 1.84. The van der Waals surface area contributed by atoms with E-state index in [4.69, 9.17) is 9.72 Å². The van der Waals surface area contributed by atoms with E-state index in [1.54, 1.807) is 0 Å². The van der Waals surface area contributed by atoms with E-state index in [-0.39, 0.29) is 6.10 Å². The average molecular weight is 296 g/mol. The molecular weight excluding hydrogens is 268 g/mol. The van der Waals surface area contributed by atoms with Crippen LogP contribution in [-0.2, 0) is 4.74 Å². The Morgan fingerprint density at radius 2 is 2.05 bits per heavy atom. The molecule has 0 aromatic carbocycles. The van der Waals surface area contributed by atoms with Crippen LogP contribution in [0.25, 0.3) is 0 Å². The molecule has 0 radical (unpaired) electrons.